The highest BCUT2D eigenvalue weighted by Crippen LogP contribution is 2.31. The van der Waals surface area contributed by atoms with Gasteiger partial charge in [0.15, 0.2) is 23.9 Å². The first-order valence-corrected chi connectivity index (χ1v) is 23.8. The fourth-order valence-corrected chi connectivity index (χ4v) is 7.66. The smallest absolute Gasteiger partial charge is 0.306 e. The number of ether oxygens (including phenoxy) is 5. The van der Waals surface area contributed by atoms with Gasteiger partial charge in [-0.2, -0.15) is 0 Å². The van der Waals surface area contributed by atoms with Gasteiger partial charge in [0.25, 0.3) is 5.91 Å². The van der Waals surface area contributed by atoms with Crippen LogP contribution in [0.4, 0.5) is 0 Å². The topological polar surface area (TPSA) is 133 Å². The minimum absolute atomic E-state index is 0.198. The van der Waals surface area contributed by atoms with Gasteiger partial charge in [-0.1, -0.05) is 175 Å². The van der Waals surface area contributed by atoms with Crippen LogP contribution in [0.5, 0.6) is 11.5 Å². The van der Waals surface area contributed by atoms with Crippen LogP contribution in [0.25, 0.3) is 0 Å². The molecule has 2 rings (SSSR count). The molecular weight excluding hydrogens is 735 g/mol. The number of amides is 1. The van der Waals surface area contributed by atoms with Gasteiger partial charge in [0.05, 0.1) is 19.8 Å². The van der Waals surface area contributed by atoms with E-state index in [1.54, 1.807) is 18.2 Å². The van der Waals surface area contributed by atoms with Crippen LogP contribution in [0.1, 0.15) is 211 Å². The highest BCUT2D eigenvalue weighted by atomic mass is 16.7. The van der Waals surface area contributed by atoms with Crippen LogP contribution in [0, 0.1) is 0 Å². The summed E-state index contributed by atoms with van der Waals surface area (Å²) < 4.78 is 29.7. The number of unbranched alkanes of at least 4 members (excludes halogenated alkanes) is 24. The van der Waals surface area contributed by atoms with Crippen molar-refractivity contribution in [2.75, 3.05) is 26.9 Å². The van der Waals surface area contributed by atoms with E-state index in [9.17, 15) is 19.8 Å². The first-order chi connectivity index (χ1) is 28.4. The van der Waals surface area contributed by atoms with Crippen molar-refractivity contribution in [3.8, 4) is 11.5 Å². The zero-order chi connectivity index (χ0) is 42.1. The van der Waals surface area contributed by atoms with E-state index >= 15 is 0 Å². The lowest BCUT2D eigenvalue weighted by atomic mass is 9.96. The Morgan fingerprint density at radius 1 is 0.638 bits per heavy atom. The number of hydrogen-bond acceptors (Lipinski definition) is 9. The molecule has 1 saturated heterocycles. The van der Waals surface area contributed by atoms with Crippen molar-refractivity contribution in [1.29, 1.82) is 0 Å². The summed E-state index contributed by atoms with van der Waals surface area (Å²) in [5.41, 5.74) is 0.324. The molecule has 0 radical (unpaired) electrons. The van der Waals surface area contributed by atoms with Gasteiger partial charge in [-0.15, -0.1) is 0 Å². The Labute approximate surface area is 353 Å². The minimum Gasteiger partial charge on any atom is -0.490 e. The monoisotopic (exact) mass is 820 g/mol. The molecule has 0 saturated carbocycles. The van der Waals surface area contributed by atoms with Gasteiger partial charge in [0.1, 0.15) is 18.2 Å². The van der Waals surface area contributed by atoms with E-state index in [-0.39, 0.29) is 6.42 Å². The van der Waals surface area contributed by atoms with Gasteiger partial charge in [-0.25, -0.2) is 0 Å². The molecule has 1 fully saturated rings. The van der Waals surface area contributed by atoms with E-state index in [0.29, 0.717) is 36.7 Å². The molecule has 58 heavy (non-hydrogen) atoms. The van der Waals surface area contributed by atoms with Crippen molar-refractivity contribution in [2.24, 2.45) is 0 Å². The lowest BCUT2D eigenvalue weighted by Gasteiger charge is -2.43. The van der Waals surface area contributed by atoms with E-state index < -0.39 is 49.1 Å². The van der Waals surface area contributed by atoms with Gasteiger partial charge in [0.2, 0.25) is 0 Å². The zero-order valence-electron chi connectivity index (χ0n) is 37.3. The number of aliphatic hydroxyl groups is 2. The third kappa shape index (κ3) is 22.3. The molecule has 0 aliphatic carbocycles. The predicted molar refractivity (Wildman–Crippen MR) is 234 cm³/mol. The third-order valence-electron chi connectivity index (χ3n) is 11.4. The molecule has 1 aromatic carbocycles. The van der Waals surface area contributed by atoms with Gasteiger partial charge >= 0.3 is 5.97 Å². The molecule has 0 bridgehead atoms. The van der Waals surface area contributed by atoms with Gasteiger partial charge in [0, 0.05) is 19.1 Å². The minimum atomic E-state index is -1.37. The highest BCUT2D eigenvalue weighted by Gasteiger charge is 2.48. The van der Waals surface area contributed by atoms with Crippen LogP contribution in [0.15, 0.2) is 18.2 Å². The van der Waals surface area contributed by atoms with Gasteiger partial charge in [-0.3, -0.25) is 9.59 Å². The summed E-state index contributed by atoms with van der Waals surface area (Å²) >= 11 is 0. The van der Waals surface area contributed by atoms with Crippen LogP contribution in [-0.2, 0) is 19.0 Å². The number of carbonyl (C=O) groups is 2. The first-order valence-electron chi connectivity index (χ1n) is 23.8. The molecule has 0 aromatic heterocycles. The van der Waals surface area contributed by atoms with E-state index in [1.807, 2.05) is 0 Å². The summed E-state index contributed by atoms with van der Waals surface area (Å²) in [5, 5.41) is 24.0. The Kier molecular flexibility index (Phi) is 30.6. The van der Waals surface area contributed by atoms with Crippen molar-refractivity contribution in [3.63, 3.8) is 0 Å². The first kappa shape index (κ1) is 51.7. The molecule has 1 aromatic rings. The number of benzene rings is 1. The average Bonchev–Trinajstić information content (AvgIpc) is 3.23. The van der Waals surface area contributed by atoms with Crippen molar-refractivity contribution in [3.05, 3.63) is 23.8 Å². The fraction of sp³-hybridized carbons (Fsp3) is 0.833. The van der Waals surface area contributed by atoms with Crippen molar-refractivity contribution in [2.45, 2.75) is 231 Å². The maximum absolute atomic E-state index is 13.9. The second-order valence-electron chi connectivity index (χ2n) is 16.5. The number of aliphatic hydroxyl groups excluding tert-OH is 2. The largest absolute Gasteiger partial charge is 0.490 e. The van der Waals surface area contributed by atoms with Crippen LogP contribution < -0.4 is 14.8 Å². The molecule has 1 heterocycles. The summed E-state index contributed by atoms with van der Waals surface area (Å²) in [6.07, 6.45) is 27.5. The molecule has 1 aliphatic rings. The maximum atomic E-state index is 13.9. The lowest BCUT2D eigenvalue weighted by Crippen LogP contribution is -2.65. The fourth-order valence-electron chi connectivity index (χ4n) is 7.66. The Balaban J connectivity index is 2.03. The summed E-state index contributed by atoms with van der Waals surface area (Å²) in [5.74, 6) is 0.171. The van der Waals surface area contributed by atoms with E-state index in [2.05, 4.69) is 26.1 Å². The summed E-state index contributed by atoms with van der Waals surface area (Å²) in [6, 6.07) is 4.12. The summed E-state index contributed by atoms with van der Waals surface area (Å²) in [6.45, 7) is 7.28. The van der Waals surface area contributed by atoms with Crippen molar-refractivity contribution < 1.29 is 43.5 Å². The second kappa shape index (κ2) is 34.3. The van der Waals surface area contributed by atoms with Crippen LogP contribution in [0.3, 0.4) is 0 Å². The van der Waals surface area contributed by atoms with Crippen molar-refractivity contribution in [1.82, 2.24) is 5.32 Å². The van der Waals surface area contributed by atoms with Gasteiger partial charge in [-0.05, 0) is 37.5 Å². The summed E-state index contributed by atoms with van der Waals surface area (Å²) in [4.78, 5) is 27.0. The zero-order valence-corrected chi connectivity index (χ0v) is 37.3. The molecular formula is C48H85NO9. The highest BCUT2D eigenvalue weighted by molar-refractivity contribution is 5.95. The van der Waals surface area contributed by atoms with Crippen LogP contribution in [-0.4, -0.2) is 79.7 Å². The third-order valence-corrected chi connectivity index (χ3v) is 11.4. The standard InChI is InChI=1S/C48H85NO9/c1-5-8-11-14-17-20-21-22-23-26-29-32-43(51)58-46-44(48(54-4)57-42(38-50)45(46)52)49-47(53)39-33-34-40(55-35-30-27-24-18-15-12-9-6-2)41(37-39)56-36-31-28-25-19-16-13-10-7-3/h33-34,37,42,44-46,48,50,52H,5-32,35-36,38H2,1-4H3,(H,49,53)/t42-,44+,45-,46-,48+/m1/s1. The number of nitrogens with one attached hydrogen (secondary N) is 1. The number of rotatable bonds is 37. The lowest BCUT2D eigenvalue weighted by molar-refractivity contribution is -0.265. The Morgan fingerprint density at radius 3 is 1.55 bits per heavy atom. The summed E-state index contributed by atoms with van der Waals surface area (Å²) in [7, 11) is 1.41. The Bertz CT molecular complexity index is 1170. The molecule has 10 heteroatoms. The Morgan fingerprint density at radius 2 is 1.09 bits per heavy atom. The second-order valence-corrected chi connectivity index (χ2v) is 16.5. The molecule has 1 aliphatic heterocycles. The predicted octanol–water partition coefficient (Wildman–Crippen LogP) is 11.2. The maximum Gasteiger partial charge on any atom is 0.306 e. The normalized spacial score (nSPS) is 19.2. The van der Waals surface area contributed by atoms with E-state index in [0.717, 1.165) is 44.9 Å². The average molecular weight is 820 g/mol. The molecule has 0 unspecified atom stereocenters. The van der Waals surface area contributed by atoms with Gasteiger partial charge < -0.3 is 39.2 Å². The molecule has 336 valence electrons. The van der Waals surface area contributed by atoms with Crippen LogP contribution >= 0.6 is 0 Å². The number of hydrogen-bond donors (Lipinski definition) is 3. The van der Waals surface area contributed by atoms with Crippen molar-refractivity contribution >= 4 is 11.9 Å². The number of methoxy groups -OCH3 is 1. The molecule has 1 amide bonds. The molecule has 0 spiro atoms. The molecule has 3 N–H and O–H groups in total. The number of esters is 1. The Hall–Kier alpha value is -2.40. The number of carbonyl (C=O) groups excluding carboxylic acids is 2. The molecule has 10 nitrogen and oxygen atoms in total. The SMILES string of the molecule is CCCCCCCCCCCCCC(=O)O[C@H]1[C@H](O)[C@@H](CO)O[C@H](OC)[C@H]1NC(=O)c1ccc(OCCCCCCCCCC)c(OCCCCCCCCCC)c1. The van der Waals surface area contributed by atoms with E-state index in [1.165, 1.54) is 129 Å². The van der Waals surface area contributed by atoms with Crippen LogP contribution in [0.2, 0.25) is 0 Å². The quantitative estimate of drug-likeness (QED) is 0.0443. The van der Waals surface area contributed by atoms with E-state index in [4.69, 9.17) is 23.7 Å². The molecule has 5 atom stereocenters.